The van der Waals surface area contributed by atoms with E-state index < -0.39 is 6.36 Å². The van der Waals surface area contributed by atoms with Gasteiger partial charge in [0.1, 0.15) is 6.29 Å². The number of rotatable bonds is 7. The Morgan fingerprint density at radius 2 is 1.83 bits per heavy atom. The highest BCUT2D eigenvalue weighted by atomic mass is 19.4. The smallest absolute Gasteiger partial charge is 0.404 e. The Morgan fingerprint density at radius 3 is 2.40 bits per heavy atom. The monoisotopic (exact) mass is 427 g/mol. The molecule has 0 radical (unpaired) electrons. The molecule has 0 spiro atoms. The highest BCUT2D eigenvalue weighted by Gasteiger charge is 2.33. The van der Waals surface area contributed by atoms with Gasteiger partial charge in [0, 0.05) is 49.9 Å². The molecule has 5 nitrogen and oxygen atoms in total. The van der Waals surface area contributed by atoms with Crippen LogP contribution in [0.5, 0.6) is 5.75 Å². The second-order valence-corrected chi connectivity index (χ2v) is 8.40. The van der Waals surface area contributed by atoms with Crippen LogP contribution in [0.1, 0.15) is 46.0 Å². The van der Waals surface area contributed by atoms with Gasteiger partial charge in [-0.2, -0.15) is 0 Å². The summed E-state index contributed by atoms with van der Waals surface area (Å²) in [6.45, 7) is 7.27. The summed E-state index contributed by atoms with van der Waals surface area (Å²) in [5, 5.41) is 3.44. The number of nitrogens with zero attached hydrogens (tertiary/aromatic N) is 2. The molecular weight excluding hydrogens is 395 g/mol. The summed E-state index contributed by atoms with van der Waals surface area (Å²) < 4.78 is 43.2. The van der Waals surface area contributed by atoms with Crippen molar-refractivity contribution in [3.05, 3.63) is 18.2 Å². The van der Waals surface area contributed by atoms with E-state index in [1.165, 1.54) is 6.07 Å². The van der Waals surface area contributed by atoms with Crippen LogP contribution in [-0.2, 0) is 4.79 Å². The van der Waals surface area contributed by atoms with Crippen LogP contribution < -0.4 is 15.0 Å². The van der Waals surface area contributed by atoms with Crippen molar-refractivity contribution in [2.75, 3.05) is 36.4 Å². The molecule has 1 saturated heterocycles. The van der Waals surface area contributed by atoms with E-state index in [1.807, 2.05) is 4.90 Å². The van der Waals surface area contributed by atoms with Crippen molar-refractivity contribution >= 4 is 17.7 Å². The second-order valence-electron chi connectivity index (χ2n) is 8.40. The topological polar surface area (TPSA) is 44.8 Å². The van der Waals surface area contributed by atoms with Crippen LogP contribution in [0.3, 0.4) is 0 Å². The maximum Gasteiger partial charge on any atom is 0.573 e. The molecule has 0 bridgehead atoms. The third kappa shape index (κ3) is 6.03. The number of halogens is 3. The average Bonchev–Trinajstić information content (AvgIpc) is 2.74. The Labute approximate surface area is 176 Å². The highest BCUT2D eigenvalue weighted by Crippen LogP contribution is 2.37. The van der Waals surface area contributed by atoms with E-state index in [1.54, 1.807) is 12.1 Å². The van der Waals surface area contributed by atoms with Crippen LogP contribution in [0.25, 0.3) is 0 Å². The van der Waals surface area contributed by atoms with Crippen molar-refractivity contribution in [1.29, 1.82) is 0 Å². The third-order valence-electron chi connectivity index (χ3n) is 6.39. The molecule has 168 valence electrons. The van der Waals surface area contributed by atoms with E-state index in [2.05, 4.69) is 28.8 Å². The molecule has 1 aliphatic carbocycles. The van der Waals surface area contributed by atoms with Gasteiger partial charge < -0.3 is 19.7 Å². The molecule has 1 aliphatic heterocycles. The van der Waals surface area contributed by atoms with Crippen molar-refractivity contribution in [2.24, 2.45) is 5.92 Å². The molecule has 8 heteroatoms. The normalized spacial score (nSPS) is 24.4. The van der Waals surface area contributed by atoms with Gasteiger partial charge in [0.25, 0.3) is 0 Å². The van der Waals surface area contributed by atoms with Gasteiger partial charge in [0.05, 0.1) is 5.69 Å². The van der Waals surface area contributed by atoms with Crippen LogP contribution in [0.4, 0.5) is 24.5 Å². The number of benzene rings is 1. The van der Waals surface area contributed by atoms with Gasteiger partial charge in [-0.05, 0) is 57.2 Å². The van der Waals surface area contributed by atoms with E-state index in [0.717, 1.165) is 57.2 Å². The quantitative estimate of drug-likeness (QED) is 0.641. The minimum absolute atomic E-state index is 0.128. The summed E-state index contributed by atoms with van der Waals surface area (Å²) in [6.07, 6.45) is 0.808. The summed E-state index contributed by atoms with van der Waals surface area (Å²) in [6, 6.07) is 5.51. The number of alkyl halides is 3. The van der Waals surface area contributed by atoms with E-state index in [-0.39, 0.29) is 17.7 Å². The lowest BCUT2D eigenvalue weighted by molar-refractivity contribution is -0.274. The van der Waals surface area contributed by atoms with Gasteiger partial charge in [-0.15, -0.1) is 13.2 Å². The fraction of sp³-hybridized carbons (Fsp3) is 0.682. The van der Waals surface area contributed by atoms with Crippen LogP contribution in [0.15, 0.2) is 18.2 Å². The summed E-state index contributed by atoms with van der Waals surface area (Å²) in [4.78, 5) is 15.3. The number of piperazine rings is 1. The van der Waals surface area contributed by atoms with E-state index >= 15 is 0 Å². The maximum atomic E-state index is 13.0. The minimum atomic E-state index is -4.73. The molecule has 1 aromatic rings. The van der Waals surface area contributed by atoms with Crippen LogP contribution in [0, 0.1) is 5.92 Å². The SMILES string of the molecule is CCC(C)N1CCN(c2cc(NC3CCC(C=O)CC3)ccc2OC(F)(F)F)CC1. The zero-order valence-corrected chi connectivity index (χ0v) is 17.8. The lowest BCUT2D eigenvalue weighted by atomic mass is 9.87. The number of hydrogen-bond acceptors (Lipinski definition) is 5. The molecule has 1 heterocycles. The predicted octanol–water partition coefficient (Wildman–Crippen LogP) is 4.68. The van der Waals surface area contributed by atoms with Crippen molar-refractivity contribution < 1.29 is 22.7 Å². The molecule has 0 aromatic heterocycles. The molecule has 3 rings (SSSR count). The summed E-state index contributed by atoms with van der Waals surface area (Å²) in [5.41, 5.74) is 1.26. The van der Waals surface area contributed by atoms with E-state index in [9.17, 15) is 18.0 Å². The standard InChI is InChI=1S/C22H32F3N3O2/c1-3-16(2)27-10-12-28(13-11-27)20-14-19(8-9-21(20)30-22(23,24)25)26-18-6-4-17(15-29)5-7-18/h8-9,14-18,26H,3-7,10-13H2,1-2H3. The summed E-state index contributed by atoms with van der Waals surface area (Å²) in [5.74, 6) is -0.0299. The number of carbonyl (C=O) groups is 1. The number of anilines is 2. The highest BCUT2D eigenvalue weighted by molar-refractivity contribution is 5.67. The third-order valence-corrected chi connectivity index (χ3v) is 6.39. The fourth-order valence-corrected chi connectivity index (χ4v) is 4.36. The van der Waals surface area contributed by atoms with Gasteiger partial charge >= 0.3 is 6.36 Å². The van der Waals surface area contributed by atoms with Crippen molar-refractivity contribution in [3.8, 4) is 5.75 Å². The van der Waals surface area contributed by atoms with E-state index in [4.69, 9.17) is 0 Å². The Kier molecular flexibility index (Phi) is 7.50. The zero-order chi connectivity index (χ0) is 21.7. The molecule has 1 N–H and O–H groups in total. The molecule has 2 fully saturated rings. The zero-order valence-electron chi connectivity index (χ0n) is 17.8. The van der Waals surface area contributed by atoms with Crippen molar-refractivity contribution in [2.45, 2.75) is 64.4 Å². The number of nitrogens with one attached hydrogen (secondary N) is 1. The Hall–Kier alpha value is -1.96. The fourth-order valence-electron chi connectivity index (χ4n) is 4.36. The molecule has 1 aromatic carbocycles. The lowest BCUT2D eigenvalue weighted by Crippen LogP contribution is -2.49. The molecule has 1 unspecified atom stereocenters. The van der Waals surface area contributed by atoms with Crippen LogP contribution >= 0.6 is 0 Å². The number of carbonyl (C=O) groups excluding carboxylic acids is 1. The molecule has 2 aliphatic rings. The molecule has 0 amide bonds. The van der Waals surface area contributed by atoms with Crippen molar-refractivity contribution in [3.63, 3.8) is 0 Å². The number of hydrogen-bond donors (Lipinski definition) is 1. The first-order valence-electron chi connectivity index (χ1n) is 10.9. The first-order chi connectivity index (χ1) is 14.3. The first kappa shape index (κ1) is 22.7. The van der Waals surface area contributed by atoms with Gasteiger partial charge in [-0.25, -0.2) is 0 Å². The predicted molar refractivity (Wildman–Crippen MR) is 112 cm³/mol. The van der Waals surface area contributed by atoms with Gasteiger partial charge in [-0.1, -0.05) is 6.92 Å². The number of aldehydes is 1. The summed E-state index contributed by atoms with van der Waals surface area (Å²) in [7, 11) is 0. The summed E-state index contributed by atoms with van der Waals surface area (Å²) >= 11 is 0. The first-order valence-corrected chi connectivity index (χ1v) is 10.9. The minimum Gasteiger partial charge on any atom is -0.404 e. The molecule has 1 atom stereocenters. The number of ether oxygens (including phenoxy) is 1. The second kappa shape index (κ2) is 9.90. The Morgan fingerprint density at radius 1 is 1.17 bits per heavy atom. The molecule has 30 heavy (non-hydrogen) atoms. The Balaban J connectivity index is 1.73. The van der Waals surface area contributed by atoms with Crippen LogP contribution in [-0.4, -0.2) is 55.8 Å². The van der Waals surface area contributed by atoms with Gasteiger partial charge in [-0.3, -0.25) is 4.90 Å². The average molecular weight is 428 g/mol. The maximum absolute atomic E-state index is 13.0. The van der Waals surface area contributed by atoms with Crippen LogP contribution in [0.2, 0.25) is 0 Å². The van der Waals surface area contributed by atoms with E-state index in [0.29, 0.717) is 24.8 Å². The molecular formula is C22H32F3N3O2. The largest absolute Gasteiger partial charge is 0.573 e. The van der Waals surface area contributed by atoms with Gasteiger partial charge in [0.15, 0.2) is 5.75 Å². The Bertz CT molecular complexity index is 697. The molecule has 1 saturated carbocycles. The van der Waals surface area contributed by atoms with Gasteiger partial charge in [0.2, 0.25) is 0 Å². The lowest BCUT2D eigenvalue weighted by Gasteiger charge is -2.39. The van der Waals surface area contributed by atoms with Crippen molar-refractivity contribution in [1.82, 2.24) is 4.90 Å².